The maximum atomic E-state index is 13.7. The molecule has 1 saturated carbocycles. The van der Waals surface area contributed by atoms with Crippen molar-refractivity contribution in [1.29, 1.82) is 0 Å². The van der Waals surface area contributed by atoms with Gasteiger partial charge in [-0.1, -0.05) is 15.9 Å². The van der Waals surface area contributed by atoms with Gasteiger partial charge in [-0.05, 0) is 38.0 Å². The van der Waals surface area contributed by atoms with E-state index in [9.17, 15) is 14.0 Å². The van der Waals surface area contributed by atoms with Crippen LogP contribution in [0.1, 0.15) is 30.1 Å². The summed E-state index contributed by atoms with van der Waals surface area (Å²) in [5, 5.41) is 9.05. The van der Waals surface area contributed by atoms with Crippen molar-refractivity contribution in [1.82, 2.24) is 4.90 Å². The molecule has 19 heavy (non-hydrogen) atoms. The number of aliphatic carboxylic acids is 1. The van der Waals surface area contributed by atoms with Crippen molar-refractivity contribution >= 4 is 27.8 Å². The third kappa shape index (κ3) is 2.94. The van der Waals surface area contributed by atoms with Crippen molar-refractivity contribution in [3.05, 3.63) is 34.1 Å². The zero-order chi connectivity index (χ0) is 14.2. The van der Waals surface area contributed by atoms with Crippen molar-refractivity contribution in [3.63, 3.8) is 0 Å². The molecule has 0 radical (unpaired) electrons. The number of hydrogen-bond donors (Lipinski definition) is 1. The van der Waals surface area contributed by atoms with Gasteiger partial charge in [-0.15, -0.1) is 0 Å². The summed E-state index contributed by atoms with van der Waals surface area (Å²) in [4.78, 5) is 24.7. The fourth-order valence-corrected chi connectivity index (χ4v) is 2.29. The molecule has 1 atom stereocenters. The van der Waals surface area contributed by atoms with Crippen LogP contribution < -0.4 is 0 Å². The molecule has 1 N–H and O–H groups in total. The molecule has 0 aromatic heterocycles. The maximum absolute atomic E-state index is 13.7. The van der Waals surface area contributed by atoms with Gasteiger partial charge < -0.3 is 10.0 Å². The standard InChI is InChI=1S/C13H13BrFNO3/c1-7(13(18)19)16(9-3-4-9)12(17)10-6-8(14)2-5-11(10)15/h2,5-7,9H,3-4H2,1H3,(H,18,19). The average molecular weight is 330 g/mol. The summed E-state index contributed by atoms with van der Waals surface area (Å²) in [6.07, 6.45) is 1.53. The quantitative estimate of drug-likeness (QED) is 0.923. The molecular formula is C13H13BrFNO3. The van der Waals surface area contributed by atoms with Crippen LogP contribution in [0.5, 0.6) is 0 Å². The molecule has 102 valence electrons. The molecule has 0 aliphatic heterocycles. The number of nitrogens with zero attached hydrogens (tertiary/aromatic N) is 1. The summed E-state index contributed by atoms with van der Waals surface area (Å²) in [7, 11) is 0. The molecule has 2 rings (SSSR count). The number of carboxylic acids is 1. The molecule has 1 fully saturated rings. The number of amides is 1. The van der Waals surface area contributed by atoms with Gasteiger partial charge in [0.1, 0.15) is 11.9 Å². The number of halogens is 2. The highest BCUT2D eigenvalue weighted by atomic mass is 79.9. The number of carbonyl (C=O) groups excluding carboxylic acids is 1. The van der Waals surface area contributed by atoms with E-state index in [1.165, 1.54) is 30.0 Å². The lowest BCUT2D eigenvalue weighted by molar-refractivity contribution is -0.141. The zero-order valence-corrected chi connectivity index (χ0v) is 11.9. The molecule has 1 unspecified atom stereocenters. The largest absolute Gasteiger partial charge is 0.480 e. The Morgan fingerprint density at radius 1 is 1.47 bits per heavy atom. The topological polar surface area (TPSA) is 57.6 Å². The summed E-state index contributed by atoms with van der Waals surface area (Å²) >= 11 is 3.18. The summed E-state index contributed by atoms with van der Waals surface area (Å²) in [6, 6.07) is 3.00. The molecule has 0 spiro atoms. The first kappa shape index (κ1) is 14.0. The molecule has 6 heteroatoms. The minimum atomic E-state index is -1.09. The molecule has 0 bridgehead atoms. The SMILES string of the molecule is CC(C(=O)O)N(C(=O)c1cc(Br)ccc1F)C1CC1. The predicted octanol–water partition coefficient (Wildman–Crippen LogP) is 2.67. The van der Waals surface area contributed by atoms with Gasteiger partial charge in [-0.3, -0.25) is 4.79 Å². The Balaban J connectivity index is 2.34. The maximum Gasteiger partial charge on any atom is 0.326 e. The van der Waals surface area contributed by atoms with Gasteiger partial charge in [0.2, 0.25) is 0 Å². The van der Waals surface area contributed by atoms with Crippen molar-refractivity contribution in [2.24, 2.45) is 0 Å². The van der Waals surface area contributed by atoms with Crippen LogP contribution in [0.2, 0.25) is 0 Å². The van der Waals surface area contributed by atoms with E-state index in [2.05, 4.69) is 15.9 Å². The number of carboxylic acid groups (broad SMARTS) is 1. The zero-order valence-electron chi connectivity index (χ0n) is 10.3. The number of carbonyl (C=O) groups is 2. The van der Waals surface area contributed by atoms with E-state index in [1.807, 2.05) is 0 Å². The minimum absolute atomic E-state index is 0.100. The van der Waals surface area contributed by atoms with Gasteiger partial charge >= 0.3 is 5.97 Å². The van der Waals surface area contributed by atoms with Crippen molar-refractivity contribution in [2.75, 3.05) is 0 Å². The molecule has 0 saturated heterocycles. The van der Waals surface area contributed by atoms with Crippen LogP contribution in [0.25, 0.3) is 0 Å². The van der Waals surface area contributed by atoms with Gasteiger partial charge in [-0.25, -0.2) is 9.18 Å². The summed E-state index contributed by atoms with van der Waals surface area (Å²) in [5.41, 5.74) is -0.102. The van der Waals surface area contributed by atoms with E-state index >= 15 is 0 Å². The fraction of sp³-hybridized carbons (Fsp3) is 0.385. The highest BCUT2D eigenvalue weighted by molar-refractivity contribution is 9.10. The molecule has 1 amide bonds. The predicted molar refractivity (Wildman–Crippen MR) is 70.4 cm³/mol. The van der Waals surface area contributed by atoms with Gasteiger partial charge in [0, 0.05) is 10.5 Å². The summed E-state index contributed by atoms with van der Waals surface area (Å²) in [6.45, 7) is 1.44. The number of rotatable bonds is 4. The van der Waals surface area contributed by atoms with E-state index in [1.54, 1.807) is 0 Å². The molecule has 1 aliphatic carbocycles. The van der Waals surface area contributed by atoms with Crippen LogP contribution in [-0.2, 0) is 4.79 Å². The Morgan fingerprint density at radius 3 is 2.63 bits per heavy atom. The lowest BCUT2D eigenvalue weighted by Gasteiger charge is -2.26. The molecule has 1 aliphatic rings. The van der Waals surface area contributed by atoms with E-state index in [4.69, 9.17) is 5.11 Å². The van der Waals surface area contributed by atoms with E-state index in [0.29, 0.717) is 4.47 Å². The first-order valence-electron chi connectivity index (χ1n) is 5.92. The molecular weight excluding hydrogens is 317 g/mol. The third-order valence-electron chi connectivity index (χ3n) is 3.11. The lowest BCUT2D eigenvalue weighted by atomic mass is 10.1. The van der Waals surface area contributed by atoms with Crippen LogP contribution >= 0.6 is 15.9 Å². The second-order valence-electron chi connectivity index (χ2n) is 4.58. The van der Waals surface area contributed by atoms with Gasteiger partial charge in [-0.2, -0.15) is 0 Å². The Labute approximate surface area is 118 Å². The summed E-state index contributed by atoms with van der Waals surface area (Å²) < 4.78 is 14.3. The van der Waals surface area contributed by atoms with Crippen LogP contribution in [0.4, 0.5) is 4.39 Å². The van der Waals surface area contributed by atoms with Crippen LogP contribution in [0.3, 0.4) is 0 Å². The van der Waals surface area contributed by atoms with Gasteiger partial charge in [0.05, 0.1) is 5.56 Å². The first-order chi connectivity index (χ1) is 8.91. The smallest absolute Gasteiger partial charge is 0.326 e. The van der Waals surface area contributed by atoms with Gasteiger partial charge in [0.25, 0.3) is 5.91 Å². The Kier molecular flexibility index (Phi) is 3.89. The number of hydrogen-bond acceptors (Lipinski definition) is 2. The fourth-order valence-electron chi connectivity index (χ4n) is 1.93. The average Bonchev–Trinajstić information content (AvgIpc) is 3.16. The van der Waals surface area contributed by atoms with Crippen molar-refractivity contribution < 1.29 is 19.1 Å². The second kappa shape index (κ2) is 5.28. The normalized spacial score (nSPS) is 15.9. The minimum Gasteiger partial charge on any atom is -0.480 e. The van der Waals surface area contributed by atoms with E-state index < -0.39 is 23.7 Å². The van der Waals surface area contributed by atoms with Crippen LogP contribution in [-0.4, -0.2) is 34.0 Å². The monoisotopic (exact) mass is 329 g/mol. The Hall–Kier alpha value is -1.43. The van der Waals surface area contributed by atoms with Crippen molar-refractivity contribution in [2.45, 2.75) is 31.8 Å². The van der Waals surface area contributed by atoms with Crippen molar-refractivity contribution in [3.8, 4) is 0 Å². The molecule has 4 nitrogen and oxygen atoms in total. The third-order valence-corrected chi connectivity index (χ3v) is 3.60. The lowest BCUT2D eigenvalue weighted by Crippen LogP contribution is -2.45. The molecule has 1 aromatic carbocycles. The number of benzene rings is 1. The highest BCUT2D eigenvalue weighted by Gasteiger charge is 2.39. The Morgan fingerprint density at radius 2 is 2.11 bits per heavy atom. The Bertz CT molecular complexity index is 531. The summed E-state index contributed by atoms with van der Waals surface area (Å²) in [5.74, 6) is -2.30. The second-order valence-corrected chi connectivity index (χ2v) is 5.50. The molecule has 1 aromatic rings. The molecule has 0 heterocycles. The van der Waals surface area contributed by atoms with E-state index in [0.717, 1.165) is 12.8 Å². The van der Waals surface area contributed by atoms with Gasteiger partial charge in [0.15, 0.2) is 0 Å². The van der Waals surface area contributed by atoms with E-state index in [-0.39, 0.29) is 11.6 Å². The highest BCUT2D eigenvalue weighted by Crippen LogP contribution is 2.31. The van der Waals surface area contributed by atoms with Crippen LogP contribution in [0.15, 0.2) is 22.7 Å². The first-order valence-corrected chi connectivity index (χ1v) is 6.71. The van der Waals surface area contributed by atoms with Crippen LogP contribution in [0, 0.1) is 5.82 Å².